The molecule has 0 amide bonds. The van der Waals surface area contributed by atoms with Gasteiger partial charge in [0.2, 0.25) is 5.95 Å². The van der Waals surface area contributed by atoms with Gasteiger partial charge in [-0.3, -0.25) is 0 Å². The number of halogens is 2. The number of sulfone groups is 1. The highest BCUT2D eigenvalue weighted by molar-refractivity contribution is 7.90. The van der Waals surface area contributed by atoms with Gasteiger partial charge >= 0.3 is 6.01 Å². The van der Waals surface area contributed by atoms with E-state index in [9.17, 15) is 8.42 Å². The third-order valence-corrected chi connectivity index (χ3v) is 6.34. The molecule has 1 N–H and O–H groups in total. The molecule has 0 bridgehead atoms. The average molecular weight is 517 g/mol. The van der Waals surface area contributed by atoms with Crippen molar-refractivity contribution in [2.24, 2.45) is 0 Å². The van der Waals surface area contributed by atoms with Gasteiger partial charge in [0.25, 0.3) is 0 Å². The Morgan fingerprint density at radius 3 is 2.09 bits per heavy atom. The molecule has 0 saturated carbocycles. The average Bonchev–Trinajstić information content (AvgIpc) is 2.81. The molecule has 0 atom stereocenters. The lowest BCUT2D eigenvalue weighted by Gasteiger charge is -2.12. The molecule has 0 aliphatic heterocycles. The number of hydrogen-bond donors (Lipinski definition) is 1. The summed E-state index contributed by atoms with van der Waals surface area (Å²) in [5.41, 5.74) is 1.26. The van der Waals surface area contributed by atoms with E-state index in [1.165, 1.54) is 12.1 Å². The molecule has 4 aromatic rings. The Labute approximate surface area is 206 Å². The summed E-state index contributed by atoms with van der Waals surface area (Å²) < 4.78 is 34.5. The van der Waals surface area contributed by atoms with Crippen molar-refractivity contribution in [3.05, 3.63) is 76.8 Å². The van der Waals surface area contributed by atoms with Crippen molar-refractivity contribution in [1.29, 1.82) is 0 Å². The molecule has 0 saturated heterocycles. The first-order valence-electron chi connectivity index (χ1n) is 9.82. The van der Waals surface area contributed by atoms with E-state index in [4.69, 9.17) is 32.7 Å². The number of methoxy groups -OCH3 is 1. The number of aromatic nitrogens is 3. The van der Waals surface area contributed by atoms with Crippen LogP contribution in [0.15, 0.2) is 71.6 Å². The largest absolute Gasteiger partial charge is 0.497 e. The van der Waals surface area contributed by atoms with Gasteiger partial charge in [-0.2, -0.15) is 15.0 Å². The maximum Gasteiger partial charge on any atom is 0.327 e. The summed E-state index contributed by atoms with van der Waals surface area (Å²) in [5.74, 6) is 1.39. The minimum absolute atomic E-state index is 0.0360. The zero-order valence-electron chi connectivity index (χ0n) is 18.0. The Kier molecular flexibility index (Phi) is 6.87. The van der Waals surface area contributed by atoms with E-state index in [-0.39, 0.29) is 22.6 Å². The van der Waals surface area contributed by atoms with Crippen LogP contribution in [0.2, 0.25) is 10.0 Å². The van der Waals surface area contributed by atoms with E-state index in [1.54, 1.807) is 61.7 Å². The predicted molar refractivity (Wildman–Crippen MR) is 131 cm³/mol. The Bertz CT molecular complexity index is 1410. The van der Waals surface area contributed by atoms with E-state index in [0.29, 0.717) is 32.9 Å². The second-order valence-electron chi connectivity index (χ2n) is 7.07. The molecular formula is C23H18Cl2N4O4S. The first kappa shape index (κ1) is 23.7. The van der Waals surface area contributed by atoms with E-state index < -0.39 is 9.84 Å². The van der Waals surface area contributed by atoms with Crippen LogP contribution in [0.5, 0.6) is 17.5 Å². The van der Waals surface area contributed by atoms with Crippen molar-refractivity contribution in [2.75, 3.05) is 18.7 Å². The zero-order valence-corrected chi connectivity index (χ0v) is 20.3. The smallest absolute Gasteiger partial charge is 0.327 e. The third-order valence-electron chi connectivity index (χ3n) is 4.61. The van der Waals surface area contributed by atoms with Gasteiger partial charge in [0.1, 0.15) is 5.75 Å². The van der Waals surface area contributed by atoms with Crippen molar-refractivity contribution in [3.8, 4) is 28.9 Å². The minimum Gasteiger partial charge on any atom is -0.497 e. The minimum atomic E-state index is -3.31. The van der Waals surface area contributed by atoms with Gasteiger partial charge in [0.05, 0.1) is 22.1 Å². The molecule has 0 spiro atoms. The van der Waals surface area contributed by atoms with Crippen LogP contribution in [-0.4, -0.2) is 36.7 Å². The normalized spacial score (nSPS) is 11.2. The van der Waals surface area contributed by atoms with E-state index in [1.807, 2.05) is 0 Å². The van der Waals surface area contributed by atoms with Crippen LogP contribution in [-0.2, 0) is 9.84 Å². The van der Waals surface area contributed by atoms with Gasteiger partial charge in [0.15, 0.2) is 21.4 Å². The van der Waals surface area contributed by atoms with Gasteiger partial charge in [-0.1, -0.05) is 29.3 Å². The number of ether oxygens (including phenoxy) is 2. The molecule has 0 aliphatic rings. The molecule has 34 heavy (non-hydrogen) atoms. The quantitative estimate of drug-likeness (QED) is 0.329. The molecular weight excluding hydrogens is 499 g/mol. The van der Waals surface area contributed by atoms with Gasteiger partial charge in [-0.05, 0) is 60.7 Å². The summed E-state index contributed by atoms with van der Waals surface area (Å²) in [4.78, 5) is 13.4. The molecule has 0 fully saturated rings. The number of benzene rings is 3. The van der Waals surface area contributed by atoms with E-state index in [0.717, 1.165) is 6.26 Å². The van der Waals surface area contributed by atoms with Crippen LogP contribution >= 0.6 is 23.2 Å². The maximum atomic E-state index is 11.7. The summed E-state index contributed by atoms with van der Waals surface area (Å²) in [5, 5.41) is 3.64. The van der Waals surface area contributed by atoms with Crippen LogP contribution < -0.4 is 14.8 Å². The number of rotatable bonds is 7. The van der Waals surface area contributed by atoms with Crippen molar-refractivity contribution < 1.29 is 17.9 Å². The van der Waals surface area contributed by atoms with E-state index in [2.05, 4.69) is 20.3 Å². The van der Waals surface area contributed by atoms with Crippen molar-refractivity contribution in [3.63, 3.8) is 0 Å². The maximum absolute atomic E-state index is 11.7. The van der Waals surface area contributed by atoms with Crippen LogP contribution in [0.4, 0.5) is 11.6 Å². The second-order valence-corrected chi connectivity index (χ2v) is 9.90. The Morgan fingerprint density at radius 1 is 0.853 bits per heavy atom. The van der Waals surface area contributed by atoms with Gasteiger partial charge in [-0.25, -0.2) is 8.42 Å². The molecule has 174 valence electrons. The highest BCUT2D eigenvalue weighted by atomic mass is 35.5. The predicted octanol–water partition coefficient (Wildman–Crippen LogP) is 5.79. The van der Waals surface area contributed by atoms with Crippen LogP contribution in [0.3, 0.4) is 0 Å². The Balaban J connectivity index is 1.73. The fraction of sp³-hybridized carbons (Fsp3) is 0.0870. The topological polar surface area (TPSA) is 103 Å². The Hall–Kier alpha value is -3.40. The molecule has 0 radical (unpaired) electrons. The summed E-state index contributed by atoms with van der Waals surface area (Å²) >= 11 is 12.5. The number of nitrogens with one attached hydrogen (secondary N) is 1. The molecule has 0 unspecified atom stereocenters. The molecule has 4 rings (SSSR count). The Morgan fingerprint density at radius 2 is 1.50 bits per heavy atom. The lowest BCUT2D eigenvalue weighted by atomic mass is 10.2. The van der Waals surface area contributed by atoms with Gasteiger partial charge in [-0.15, -0.1) is 0 Å². The summed E-state index contributed by atoms with van der Waals surface area (Å²) in [7, 11) is -1.74. The van der Waals surface area contributed by atoms with E-state index >= 15 is 0 Å². The highest BCUT2D eigenvalue weighted by Gasteiger charge is 2.15. The lowest BCUT2D eigenvalue weighted by molar-refractivity contribution is 0.415. The number of anilines is 2. The zero-order chi connectivity index (χ0) is 24.3. The van der Waals surface area contributed by atoms with Crippen LogP contribution in [0.1, 0.15) is 0 Å². The molecule has 11 heteroatoms. The summed E-state index contributed by atoms with van der Waals surface area (Å²) in [6, 6.07) is 18.3. The monoisotopic (exact) mass is 516 g/mol. The molecule has 1 heterocycles. The van der Waals surface area contributed by atoms with Crippen LogP contribution in [0, 0.1) is 0 Å². The summed E-state index contributed by atoms with van der Waals surface area (Å²) in [6.07, 6.45) is 1.14. The highest BCUT2D eigenvalue weighted by Crippen LogP contribution is 2.35. The van der Waals surface area contributed by atoms with Crippen molar-refractivity contribution in [1.82, 2.24) is 15.0 Å². The lowest BCUT2D eigenvalue weighted by Crippen LogP contribution is -2.04. The number of hydrogen-bond acceptors (Lipinski definition) is 8. The fourth-order valence-electron chi connectivity index (χ4n) is 2.91. The van der Waals surface area contributed by atoms with Crippen LogP contribution in [0.25, 0.3) is 11.4 Å². The first-order chi connectivity index (χ1) is 16.2. The first-order valence-corrected chi connectivity index (χ1v) is 12.5. The SMILES string of the molecule is COc1ccc(-c2nc(Nc3ccc(S(C)(=O)=O)cc3)nc(Oc3c(Cl)cccc3Cl)n2)cc1. The standard InChI is InChI=1S/C23H18Cl2N4O4S/c1-32-16-10-6-14(7-11-16)21-27-22(26-15-8-12-17(13-9-15)34(2,30)31)29-23(28-21)33-20-18(24)4-3-5-19(20)25/h3-13H,1-2H3,(H,26,27,28,29). The summed E-state index contributed by atoms with van der Waals surface area (Å²) in [6.45, 7) is 0. The second kappa shape index (κ2) is 9.84. The molecule has 8 nitrogen and oxygen atoms in total. The van der Waals surface area contributed by atoms with Gasteiger partial charge < -0.3 is 14.8 Å². The number of nitrogens with zero attached hydrogens (tertiary/aromatic N) is 3. The fourth-order valence-corrected chi connectivity index (χ4v) is 4.02. The number of para-hydroxylation sites is 1. The molecule has 1 aromatic heterocycles. The molecule has 3 aromatic carbocycles. The van der Waals surface area contributed by atoms with Crippen molar-refractivity contribution in [2.45, 2.75) is 4.90 Å². The van der Waals surface area contributed by atoms with Crippen molar-refractivity contribution >= 4 is 44.7 Å². The third kappa shape index (κ3) is 5.56. The van der Waals surface area contributed by atoms with Gasteiger partial charge in [0, 0.05) is 17.5 Å². The molecule has 0 aliphatic carbocycles.